The normalized spacial score (nSPS) is 10.6. The third-order valence-electron chi connectivity index (χ3n) is 3.57. The van der Waals surface area contributed by atoms with Gasteiger partial charge < -0.3 is 15.0 Å². The quantitative estimate of drug-likeness (QED) is 0.555. The fourth-order valence-corrected chi connectivity index (χ4v) is 2.35. The molecule has 0 heterocycles. The lowest BCUT2D eigenvalue weighted by molar-refractivity contribution is -0.143. The Balaban J connectivity index is 1.72. The van der Waals surface area contributed by atoms with E-state index in [-0.39, 0.29) is 12.5 Å². The van der Waals surface area contributed by atoms with Gasteiger partial charge in [-0.05, 0) is 41.5 Å². The average Bonchev–Trinajstić information content (AvgIpc) is 2.64. The summed E-state index contributed by atoms with van der Waals surface area (Å²) in [7, 11) is 3.94. The van der Waals surface area contributed by atoms with E-state index >= 15 is 0 Å². The number of esters is 1. The topological polar surface area (TPSA) is 58.6 Å². The molecule has 0 aliphatic rings. The molecule has 0 saturated heterocycles. The maximum absolute atomic E-state index is 11.8. The number of ether oxygens (including phenoxy) is 1. The molecule has 26 heavy (non-hydrogen) atoms. The van der Waals surface area contributed by atoms with Gasteiger partial charge in [0.2, 0.25) is 0 Å². The third kappa shape index (κ3) is 6.72. The Labute approximate surface area is 161 Å². The van der Waals surface area contributed by atoms with Gasteiger partial charge in [-0.3, -0.25) is 4.79 Å². The van der Waals surface area contributed by atoms with E-state index in [9.17, 15) is 9.59 Å². The smallest absolute Gasteiger partial charge is 0.331 e. The number of halogens is 1. The molecule has 2 aromatic carbocycles. The Morgan fingerprint density at radius 1 is 1.08 bits per heavy atom. The van der Waals surface area contributed by atoms with Crippen molar-refractivity contribution in [3.8, 4) is 0 Å². The van der Waals surface area contributed by atoms with Crippen LogP contribution in [-0.4, -0.2) is 32.6 Å². The number of nitrogens with one attached hydrogen (secondary N) is 1. The Kier molecular flexibility index (Phi) is 7.41. The summed E-state index contributed by atoms with van der Waals surface area (Å²) in [5.41, 5.74) is 2.94. The van der Waals surface area contributed by atoms with Crippen LogP contribution in [0.2, 0.25) is 0 Å². The fourth-order valence-electron chi connectivity index (χ4n) is 2.09. The van der Waals surface area contributed by atoms with Crippen molar-refractivity contribution >= 4 is 39.6 Å². The second kappa shape index (κ2) is 9.77. The number of carbonyl (C=O) groups excluding carboxylic acids is 2. The predicted molar refractivity (Wildman–Crippen MR) is 107 cm³/mol. The van der Waals surface area contributed by atoms with Crippen LogP contribution < -0.4 is 10.2 Å². The van der Waals surface area contributed by atoms with Gasteiger partial charge in [0.15, 0.2) is 6.61 Å². The number of carbonyl (C=O) groups is 2. The first-order chi connectivity index (χ1) is 12.4. The molecule has 6 heteroatoms. The zero-order chi connectivity index (χ0) is 18.9. The van der Waals surface area contributed by atoms with E-state index in [4.69, 9.17) is 4.74 Å². The number of hydrogen-bond acceptors (Lipinski definition) is 4. The zero-order valence-corrected chi connectivity index (χ0v) is 16.3. The van der Waals surface area contributed by atoms with E-state index in [0.29, 0.717) is 6.54 Å². The Bertz CT molecular complexity index is 769. The summed E-state index contributed by atoms with van der Waals surface area (Å²) in [4.78, 5) is 25.4. The van der Waals surface area contributed by atoms with Crippen LogP contribution in [0.5, 0.6) is 0 Å². The largest absolute Gasteiger partial charge is 0.452 e. The van der Waals surface area contributed by atoms with Crippen molar-refractivity contribution < 1.29 is 14.3 Å². The van der Waals surface area contributed by atoms with E-state index in [2.05, 4.69) is 21.2 Å². The molecule has 0 fully saturated rings. The van der Waals surface area contributed by atoms with Crippen molar-refractivity contribution in [2.24, 2.45) is 0 Å². The number of benzene rings is 2. The summed E-state index contributed by atoms with van der Waals surface area (Å²) in [6, 6.07) is 15.3. The molecular formula is C20H21BrN2O3. The summed E-state index contributed by atoms with van der Waals surface area (Å²) < 4.78 is 5.90. The summed E-state index contributed by atoms with van der Waals surface area (Å²) >= 11 is 3.35. The van der Waals surface area contributed by atoms with Crippen molar-refractivity contribution in [3.63, 3.8) is 0 Å². The SMILES string of the molecule is CN(C)c1ccc(CNC(=O)COC(=O)/C=C/c2ccc(Br)cc2)cc1. The highest BCUT2D eigenvalue weighted by Crippen LogP contribution is 2.12. The highest BCUT2D eigenvalue weighted by molar-refractivity contribution is 9.10. The minimum Gasteiger partial charge on any atom is -0.452 e. The van der Waals surface area contributed by atoms with Crippen molar-refractivity contribution in [2.75, 3.05) is 25.6 Å². The van der Waals surface area contributed by atoms with Crippen LogP contribution in [0.4, 0.5) is 5.69 Å². The lowest BCUT2D eigenvalue weighted by Gasteiger charge is -2.12. The molecular weight excluding hydrogens is 396 g/mol. The zero-order valence-electron chi connectivity index (χ0n) is 14.7. The molecule has 0 aromatic heterocycles. The van der Waals surface area contributed by atoms with Crippen molar-refractivity contribution in [1.82, 2.24) is 5.32 Å². The summed E-state index contributed by atoms with van der Waals surface area (Å²) in [6.07, 6.45) is 2.94. The first kappa shape index (κ1) is 19.7. The van der Waals surface area contributed by atoms with Crippen LogP contribution in [0.15, 0.2) is 59.1 Å². The second-order valence-electron chi connectivity index (χ2n) is 5.83. The van der Waals surface area contributed by atoms with Crippen molar-refractivity contribution in [2.45, 2.75) is 6.54 Å². The van der Waals surface area contributed by atoms with Gasteiger partial charge in [0, 0.05) is 36.9 Å². The minimum atomic E-state index is -0.557. The lowest BCUT2D eigenvalue weighted by atomic mass is 10.2. The highest BCUT2D eigenvalue weighted by atomic mass is 79.9. The van der Waals surface area contributed by atoms with Gasteiger partial charge in [0.25, 0.3) is 5.91 Å². The van der Waals surface area contributed by atoms with E-state index < -0.39 is 5.97 Å². The maximum Gasteiger partial charge on any atom is 0.331 e. The van der Waals surface area contributed by atoms with Gasteiger partial charge in [-0.25, -0.2) is 4.79 Å². The molecule has 0 bridgehead atoms. The van der Waals surface area contributed by atoms with E-state index in [1.165, 1.54) is 6.08 Å². The van der Waals surface area contributed by atoms with Gasteiger partial charge >= 0.3 is 5.97 Å². The number of rotatable bonds is 7. The average molecular weight is 417 g/mol. The van der Waals surface area contributed by atoms with Crippen LogP contribution in [0.3, 0.4) is 0 Å². The lowest BCUT2D eigenvalue weighted by Crippen LogP contribution is -2.28. The van der Waals surface area contributed by atoms with Crippen molar-refractivity contribution in [3.05, 3.63) is 70.2 Å². The Morgan fingerprint density at radius 3 is 2.35 bits per heavy atom. The monoisotopic (exact) mass is 416 g/mol. The predicted octanol–water partition coefficient (Wildman–Crippen LogP) is 3.39. The van der Waals surface area contributed by atoms with Gasteiger partial charge in [0.1, 0.15) is 0 Å². The Hall–Kier alpha value is -2.60. The summed E-state index contributed by atoms with van der Waals surface area (Å²) in [5.74, 6) is -0.898. The molecule has 2 aromatic rings. The summed E-state index contributed by atoms with van der Waals surface area (Å²) in [5, 5.41) is 2.72. The van der Waals surface area contributed by atoms with Crippen LogP contribution in [0.25, 0.3) is 6.08 Å². The van der Waals surface area contributed by atoms with Crippen LogP contribution in [0.1, 0.15) is 11.1 Å². The van der Waals surface area contributed by atoms with Crippen LogP contribution >= 0.6 is 15.9 Å². The maximum atomic E-state index is 11.8. The minimum absolute atomic E-state index is 0.306. The molecule has 0 spiro atoms. The molecule has 5 nitrogen and oxygen atoms in total. The molecule has 0 unspecified atom stereocenters. The van der Waals surface area contributed by atoms with E-state index in [1.807, 2.05) is 67.5 Å². The van der Waals surface area contributed by atoms with Crippen LogP contribution in [0, 0.1) is 0 Å². The van der Waals surface area contributed by atoms with Gasteiger partial charge in [-0.1, -0.05) is 40.2 Å². The number of hydrogen-bond donors (Lipinski definition) is 1. The fraction of sp³-hybridized carbons (Fsp3) is 0.200. The first-order valence-electron chi connectivity index (χ1n) is 8.07. The first-order valence-corrected chi connectivity index (χ1v) is 8.87. The molecule has 0 atom stereocenters. The number of anilines is 1. The van der Waals surface area contributed by atoms with Gasteiger partial charge in [-0.15, -0.1) is 0 Å². The highest BCUT2D eigenvalue weighted by Gasteiger charge is 2.05. The van der Waals surface area contributed by atoms with Gasteiger partial charge in [-0.2, -0.15) is 0 Å². The van der Waals surface area contributed by atoms with E-state index in [1.54, 1.807) is 6.08 Å². The number of nitrogens with zero attached hydrogens (tertiary/aromatic N) is 1. The molecule has 0 aliphatic heterocycles. The van der Waals surface area contributed by atoms with E-state index in [0.717, 1.165) is 21.3 Å². The molecule has 0 aliphatic carbocycles. The molecule has 0 saturated carbocycles. The molecule has 2 rings (SSSR count). The van der Waals surface area contributed by atoms with Crippen molar-refractivity contribution in [1.29, 1.82) is 0 Å². The number of amides is 1. The Morgan fingerprint density at radius 2 is 1.73 bits per heavy atom. The summed E-state index contributed by atoms with van der Waals surface area (Å²) in [6.45, 7) is 0.0815. The second-order valence-corrected chi connectivity index (χ2v) is 6.75. The van der Waals surface area contributed by atoms with Gasteiger partial charge in [0.05, 0.1) is 0 Å². The van der Waals surface area contributed by atoms with Crippen LogP contribution in [-0.2, 0) is 20.9 Å². The third-order valence-corrected chi connectivity index (χ3v) is 4.10. The molecule has 0 radical (unpaired) electrons. The molecule has 1 amide bonds. The molecule has 1 N–H and O–H groups in total. The standard InChI is InChI=1S/C20H21BrN2O3/c1-23(2)18-10-5-16(6-11-18)13-22-19(24)14-26-20(25)12-7-15-3-8-17(21)9-4-15/h3-12H,13-14H2,1-2H3,(H,22,24)/b12-7+. The molecule has 136 valence electrons.